The van der Waals surface area contributed by atoms with Gasteiger partial charge in [0.2, 0.25) is 11.8 Å². The Bertz CT molecular complexity index is 1670. The lowest BCUT2D eigenvalue weighted by molar-refractivity contribution is -0.140. The van der Waals surface area contributed by atoms with Gasteiger partial charge in [-0.2, -0.15) is 0 Å². The van der Waals surface area contributed by atoms with Gasteiger partial charge in [-0.05, 0) is 66.9 Å². The third-order valence-corrected chi connectivity index (χ3v) is 9.60. The van der Waals surface area contributed by atoms with Crippen LogP contribution >= 0.6 is 27.5 Å². The predicted octanol–water partition coefficient (Wildman–Crippen LogP) is 6.77. The van der Waals surface area contributed by atoms with E-state index in [2.05, 4.69) is 21.2 Å². The maximum absolute atomic E-state index is 14.4. The number of carbonyl (C=O) groups is 2. The SMILES string of the molecule is CCCNC(=O)[C@H](Cc1ccccc1)N(Cc1ccc(Cl)cc1)C(=O)CN(c1cccc(Br)c1)S(=O)(=O)c1ccc(C)cc1. The molecular weight excluding hydrogens is 662 g/mol. The second kappa shape index (κ2) is 15.4. The van der Waals surface area contributed by atoms with Gasteiger partial charge in [0.25, 0.3) is 10.0 Å². The smallest absolute Gasteiger partial charge is 0.264 e. The molecule has 230 valence electrons. The average molecular weight is 697 g/mol. The summed E-state index contributed by atoms with van der Waals surface area (Å²) >= 11 is 9.57. The van der Waals surface area contributed by atoms with Crippen LogP contribution in [0, 0.1) is 6.92 Å². The number of carbonyl (C=O) groups excluding carboxylic acids is 2. The maximum atomic E-state index is 14.4. The number of rotatable bonds is 13. The minimum atomic E-state index is -4.17. The number of nitrogens with one attached hydrogen (secondary N) is 1. The van der Waals surface area contributed by atoms with Gasteiger partial charge < -0.3 is 10.2 Å². The van der Waals surface area contributed by atoms with Crippen LogP contribution in [0.4, 0.5) is 5.69 Å². The highest BCUT2D eigenvalue weighted by Crippen LogP contribution is 2.27. The minimum absolute atomic E-state index is 0.0571. The Morgan fingerprint density at radius 2 is 1.57 bits per heavy atom. The lowest BCUT2D eigenvalue weighted by Crippen LogP contribution is -2.53. The first kappa shape index (κ1) is 33.2. The second-order valence-electron chi connectivity index (χ2n) is 10.4. The number of anilines is 1. The van der Waals surface area contributed by atoms with E-state index in [1.165, 1.54) is 17.0 Å². The van der Waals surface area contributed by atoms with E-state index in [9.17, 15) is 18.0 Å². The molecule has 0 saturated heterocycles. The van der Waals surface area contributed by atoms with E-state index in [-0.39, 0.29) is 23.8 Å². The van der Waals surface area contributed by atoms with Gasteiger partial charge in [-0.3, -0.25) is 13.9 Å². The quantitative estimate of drug-likeness (QED) is 0.167. The summed E-state index contributed by atoms with van der Waals surface area (Å²) in [5.41, 5.74) is 2.84. The highest BCUT2D eigenvalue weighted by Gasteiger charge is 2.34. The van der Waals surface area contributed by atoms with Crippen molar-refractivity contribution in [1.82, 2.24) is 10.2 Å². The van der Waals surface area contributed by atoms with Gasteiger partial charge in [-0.25, -0.2) is 8.42 Å². The van der Waals surface area contributed by atoms with E-state index in [4.69, 9.17) is 11.6 Å². The lowest BCUT2D eigenvalue weighted by atomic mass is 10.0. The second-order valence-corrected chi connectivity index (χ2v) is 13.7. The Hall–Kier alpha value is -3.66. The largest absolute Gasteiger partial charge is 0.354 e. The number of aryl methyl sites for hydroxylation is 1. The van der Waals surface area contributed by atoms with Gasteiger partial charge in [-0.1, -0.05) is 101 Å². The fourth-order valence-corrected chi connectivity index (χ4v) is 6.62. The standard InChI is InChI=1S/C34H35BrClN3O4S/c1-3-20-37-34(41)32(21-26-8-5-4-6-9-26)38(23-27-14-16-29(36)17-15-27)33(40)24-39(30-11-7-10-28(35)22-30)44(42,43)31-18-12-25(2)13-19-31/h4-19,22,32H,3,20-21,23-24H2,1-2H3,(H,37,41)/t32-/m0/s1. The fraction of sp³-hybridized carbons (Fsp3) is 0.235. The van der Waals surface area contributed by atoms with E-state index in [0.717, 1.165) is 27.4 Å². The van der Waals surface area contributed by atoms with Crippen LogP contribution in [0.15, 0.2) is 112 Å². The summed E-state index contributed by atoms with van der Waals surface area (Å²) in [7, 11) is -4.17. The average Bonchev–Trinajstić information content (AvgIpc) is 3.01. The highest BCUT2D eigenvalue weighted by atomic mass is 79.9. The van der Waals surface area contributed by atoms with Crippen molar-refractivity contribution in [3.8, 4) is 0 Å². The van der Waals surface area contributed by atoms with Crippen LogP contribution in [-0.2, 0) is 32.6 Å². The number of hydrogen-bond acceptors (Lipinski definition) is 4. The van der Waals surface area contributed by atoms with Crippen molar-refractivity contribution in [2.24, 2.45) is 0 Å². The number of sulfonamides is 1. The van der Waals surface area contributed by atoms with Crippen LogP contribution < -0.4 is 9.62 Å². The topological polar surface area (TPSA) is 86.8 Å². The summed E-state index contributed by atoms with van der Waals surface area (Å²) in [6.07, 6.45) is 0.970. The summed E-state index contributed by atoms with van der Waals surface area (Å²) in [5.74, 6) is -0.836. The number of halogens is 2. The third kappa shape index (κ3) is 8.71. The molecule has 4 aromatic rings. The van der Waals surface area contributed by atoms with Crippen LogP contribution in [0.2, 0.25) is 5.02 Å². The van der Waals surface area contributed by atoms with Crippen LogP contribution in [0.5, 0.6) is 0 Å². The molecule has 0 spiro atoms. The van der Waals surface area contributed by atoms with E-state index in [0.29, 0.717) is 21.7 Å². The van der Waals surface area contributed by atoms with Gasteiger partial charge in [0.1, 0.15) is 12.6 Å². The first-order chi connectivity index (χ1) is 21.1. The molecule has 0 bridgehead atoms. The molecule has 4 aromatic carbocycles. The zero-order valence-electron chi connectivity index (χ0n) is 24.6. The monoisotopic (exact) mass is 695 g/mol. The number of benzene rings is 4. The van der Waals surface area contributed by atoms with Crippen molar-refractivity contribution in [1.29, 1.82) is 0 Å². The molecule has 10 heteroatoms. The Balaban J connectivity index is 1.79. The number of nitrogens with zero attached hydrogens (tertiary/aromatic N) is 2. The molecule has 1 N–H and O–H groups in total. The van der Waals surface area contributed by atoms with Crippen molar-refractivity contribution in [2.45, 2.75) is 44.2 Å². The molecule has 0 aliphatic rings. The molecule has 44 heavy (non-hydrogen) atoms. The van der Waals surface area contributed by atoms with Gasteiger partial charge >= 0.3 is 0 Å². The normalized spacial score (nSPS) is 11.9. The van der Waals surface area contributed by atoms with Crippen molar-refractivity contribution < 1.29 is 18.0 Å². The third-order valence-electron chi connectivity index (χ3n) is 7.07. The van der Waals surface area contributed by atoms with Crippen LogP contribution in [0.25, 0.3) is 0 Å². The molecule has 0 heterocycles. The summed E-state index contributed by atoms with van der Waals surface area (Å²) < 4.78 is 29.9. The highest BCUT2D eigenvalue weighted by molar-refractivity contribution is 9.10. The summed E-state index contributed by atoms with van der Waals surface area (Å²) in [5, 5.41) is 3.48. The number of amides is 2. The first-order valence-electron chi connectivity index (χ1n) is 14.3. The molecule has 0 radical (unpaired) electrons. The van der Waals surface area contributed by atoms with Crippen molar-refractivity contribution >= 4 is 55.1 Å². The van der Waals surface area contributed by atoms with E-state index in [1.54, 1.807) is 60.7 Å². The van der Waals surface area contributed by atoms with E-state index >= 15 is 0 Å². The fourth-order valence-electron chi connectivity index (χ4n) is 4.70. The molecular formula is C34H35BrClN3O4S. The van der Waals surface area contributed by atoms with Crippen molar-refractivity contribution in [2.75, 3.05) is 17.4 Å². The number of hydrogen-bond donors (Lipinski definition) is 1. The first-order valence-corrected chi connectivity index (χ1v) is 16.9. The van der Waals surface area contributed by atoms with Crippen LogP contribution in [0.3, 0.4) is 0 Å². The molecule has 7 nitrogen and oxygen atoms in total. The molecule has 0 unspecified atom stereocenters. The lowest BCUT2D eigenvalue weighted by Gasteiger charge is -2.34. The Labute approximate surface area is 273 Å². The minimum Gasteiger partial charge on any atom is -0.354 e. The van der Waals surface area contributed by atoms with Gasteiger partial charge in [-0.15, -0.1) is 0 Å². The van der Waals surface area contributed by atoms with Crippen molar-refractivity contribution in [3.63, 3.8) is 0 Å². The van der Waals surface area contributed by atoms with Gasteiger partial charge in [0, 0.05) is 29.0 Å². The molecule has 1 atom stereocenters. The predicted molar refractivity (Wildman–Crippen MR) is 179 cm³/mol. The van der Waals surface area contributed by atoms with E-state index < -0.39 is 28.5 Å². The molecule has 0 aliphatic heterocycles. The van der Waals surface area contributed by atoms with Crippen LogP contribution in [0.1, 0.15) is 30.0 Å². The Morgan fingerprint density at radius 3 is 2.20 bits per heavy atom. The molecule has 0 aromatic heterocycles. The van der Waals surface area contributed by atoms with Crippen LogP contribution in [-0.4, -0.2) is 44.3 Å². The zero-order chi connectivity index (χ0) is 31.7. The molecule has 0 fully saturated rings. The summed E-state index contributed by atoms with van der Waals surface area (Å²) in [6, 6.07) is 28.9. The molecule has 4 rings (SSSR count). The summed E-state index contributed by atoms with van der Waals surface area (Å²) in [4.78, 5) is 29.6. The molecule has 2 amide bonds. The van der Waals surface area contributed by atoms with Gasteiger partial charge in [0.15, 0.2) is 0 Å². The zero-order valence-corrected chi connectivity index (χ0v) is 27.8. The Morgan fingerprint density at radius 1 is 0.886 bits per heavy atom. The molecule has 0 aliphatic carbocycles. The maximum Gasteiger partial charge on any atom is 0.264 e. The van der Waals surface area contributed by atoms with Crippen molar-refractivity contribution in [3.05, 3.63) is 129 Å². The Kier molecular flexibility index (Phi) is 11.6. The van der Waals surface area contributed by atoms with Gasteiger partial charge in [0.05, 0.1) is 10.6 Å². The van der Waals surface area contributed by atoms with E-state index in [1.807, 2.05) is 44.2 Å². The summed E-state index contributed by atoms with van der Waals surface area (Å²) in [6.45, 7) is 3.82. The molecule has 0 saturated carbocycles.